The van der Waals surface area contributed by atoms with Crippen molar-refractivity contribution in [1.29, 1.82) is 5.26 Å². The summed E-state index contributed by atoms with van der Waals surface area (Å²) < 4.78 is 68.9. The molecule has 12 heteroatoms. The van der Waals surface area contributed by atoms with Crippen molar-refractivity contribution in [2.24, 2.45) is 21.9 Å². The van der Waals surface area contributed by atoms with Crippen molar-refractivity contribution >= 4 is 32.6 Å². The summed E-state index contributed by atoms with van der Waals surface area (Å²) in [7, 11) is -2.24. The topological polar surface area (TPSA) is 113 Å². The Balaban J connectivity index is 1.88. The number of allylic oxidation sites excluding steroid dienone is 1. The quantitative estimate of drug-likeness (QED) is 0.710. The van der Waals surface area contributed by atoms with Crippen LogP contribution in [0.1, 0.15) is 37.6 Å². The molecule has 2 aromatic rings. The molecule has 4 rings (SSSR count). The molecule has 0 spiro atoms. The molecule has 1 saturated carbocycles. The smallest absolute Gasteiger partial charge is 0.310 e. The lowest BCUT2D eigenvalue weighted by molar-refractivity contribution is -0.137. The standard InChI is InChI=1S/C19H17F3N6O2S/c1-3-31(29,30)27-13-6-11(18(10-23)4-5-18)8-24-15(13)17-26-14-7-12(19(20,21)22)9-25-16(14)28(17)2/h7-9H,3-6H2,1-2H3. The summed E-state index contributed by atoms with van der Waals surface area (Å²) in [6.45, 7) is 1.45. The Morgan fingerprint density at radius 3 is 2.65 bits per heavy atom. The molecule has 1 aliphatic heterocycles. The van der Waals surface area contributed by atoms with Crippen LogP contribution in [-0.2, 0) is 23.2 Å². The fraction of sp³-hybridized carbons (Fsp3) is 0.421. The van der Waals surface area contributed by atoms with Crippen LogP contribution in [0.2, 0.25) is 0 Å². The molecule has 0 atom stereocenters. The van der Waals surface area contributed by atoms with E-state index in [-0.39, 0.29) is 40.6 Å². The maximum absolute atomic E-state index is 13.0. The van der Waals surface area contributed by atoms with Crippen LogP contribution < -0.4 is 0 Å². The van der Waals surface area contributed by atoms with Crippen molar-refractivity contribution in [3.05, 3.63) is 35.4 Å². The van der Waals surface area contributed by atoms with E-state index in [4.69, 9.17) is 0 Å². The van der Waals surface area contributed by atoms with Gasteiger partial charge in [0, 0.05) is 25.9 Å². The predicted molar refractivity (Wildman–Crippen MR) is 107 cm³/mol. The van der Waals surface area contributed by atoms with Gasteiger partial charge in [-0.3, -0.25) is 4.99 Å². The van der Waals surface area contributed by atoms with E-state index < -0.39 is 27.2 Å². The van der Waals surface area contributed by atoms with Crippen LogP contribution in [0.25, 0.3) is 11.2 Å². The third-order valence-corrected chi connectivity index (χ3v) is 6.65. The summed E-state index contributed by atoms with van der Waals surface area (Å²) in [4.78, 5) is 12.4. The van der Waals surface area contributed by atoms with Gasteiger partial charge in [0.05, 0.1) is 28.5 Å². The summed E-state index contributed by atoms with van der Waals surface area (Å²) in [5, 5.41) is 9.47. The third kappa shape index (κ3) is 3.74. The van der Waals surface area contributed by atoms with Crippen LogP contribution in [0, 0.1) is 16.7 Å². The van der Waals surface area contributed by atoms with Crippen LogP contribution in [-0.4, -0.2) is 40.1 Å². The van der Waals surface area contributed by atoms with Crippen molar-refractivity contribution < 1.29 is 21.6 Å². The molecule has 31 heavy (non-hydrogen) atoms. The van der Waals surface area contributed by atoms with Gasteiger partial charge in [0.1, 0.15) is 11.2 Å². The Morgan fingerprint density at radius 1 is 1.35 bits per heavy atom. The molecular formula is C19H17F3N6O2S. The fourth-order valence-corrected chi connectivity index (χ4v) is 4.00. The van der Waals surface area contributed by atoms with Crippen molar-refractivity contribution in [1.82, 2.24) is 14.5 Å². The first-order chi connectivity index (χ1) is 14.5. The zero-order valence-corrected chi connectivity index (χ0v) is 17.4. The molecule has 1 aliphatic carbocycles. The number of nitriles is 1. The van der Waals surface area contributed by atoms with Crippen molar-refractivity contribution in [2.75, 3.05) is 5.75 Å². The van der Waals surface area contributed by atoms with E-state index in [1.165, 1.54) is 17.7 Å². The Hall–Kier alpha value is -3.07. The van der Waals surface area contributed by atoms with Gasteiger partial charge in [-0.25, -0.2) is 18.4 Å². The number of nitrogens with zero attached hydrogens (tertiary/aromatic N) is 6. The van der Waals surface area contributed by atoms with Crippen LogP contribution in [0.5, 0.6) is 0 Å². The Kier molecular flexibility index (Phi) is 4.77. The predicted octanol–water partition coefficient (Wildman–Crippen LogP) is 3.16. The van der Waals surface area contributed by atoms with Crippen LogP contribution >= 0.6 is 0 Å². The van der Waals surface area contributed by atoms with Gasteiger partial charge in [0.15, 0.2) is 11.5 Å². The van der Waals surface area contributed by atoms with Gasteiger partial charge in [-0.2, -0.15) is 22.8 Å². The lowest BCUT2D eigenvalue weighted by Gasteiger charge is -2.18. The summed E-state index contributed by atoms with van der Waals surface area (Å²) >= 11 is 0. The lowest BCUT2D eigenvalue weighted by Crippen LogP contribution is -2.26. The second kappa shape index (κ2) is 6.98. The monoisotopic (exact) mass is 450 g/mol. The molecule has 0 aromatic carbocycles. The van der Waals surface area contributed by atoms with Crippen LogP contribution in [0.3, 0.4) is 0 Å². The molecule has 0 radical (unpaired) electrons. The number of alkyl halides is 3. The number of hydrogen-bond donors (Lipinski definition) is 0. The summed E-state index contributed by atoms with van der Waals surface area (Å²) in [6.07, 6.45) is -0.937. The number of aliphatic imine (C=N–C) groups is 1. The van der Waals surface area contributed by atoms with Crippen LogP contribution in [0.15, 0.2) is 33.4 Å². The Labute approximate surface area is 175 Å². The van der Waals surface area contributed by atoms with Gasteiger partial charge in [-0.15, -0.1) is 0 Å². The van der Waals surface area contributed by atoms with E-state index >= 15 is 0 Å². The van der Waals surface area contributed by atoms with Gasteiger partial charge >= 0.3 is 6.18 Å². The highest BCUT2D eigenvalue weighted by Crippen LogP contribution is 2.53. The molecule has 2 aliphatic rings. The van der Waals surface area contributed by atoms with E-state index in [1.54, 1.807) is 7.05 Å². The Morgan fingerprint density at radius 2 is 2.06 bits per heavy atom. The van der Waals surface area contributed by atoms with E-state index in [9.17, 15) is 26.9 Å². The number of rotatable bonds is 4. The lowest BCUT2D eigenvalue weighted by atomic mass is 9.90. The number of halogens is 3. The zero-order valence-electron chi connectivity index (χ0n) is 16.6. The van der Waals surface area contributed by atoms with Crippen LogP contribution in [0.4, 0.5) is 13.2 Å². The van der Waals surface area contributed by atoms with E-state index in [0.29, 0.717) is 18.4 Å². The maximum atomic E-state index is 13.0. The number of pyridine rings is 1. The second-order valence-corrected chi connectivity index (χ2v) is 9.39. The number of aromatic nitrogens is 3. The molecule has 0 unspecified atom stereocenters. The normalized spacial score (nSPS) is 19.8. The molecule has 162 valence electrons. The number of imidazole rings is 1. The highest BCUT2D eigenvalue weighted by Gasteiger charge is 2.48. The average Bonchev–Trinajstić information content (AvgIpc) is 3.45. The van der Waals surface area contributed by atoms with Crippen molar-refractivity contribution in [2.45, 2.75) is 32.4 Å². The van der Waals surface area contributed by atoms with E-state index in [1.807, 2.05) is 0 Å². The van der Waals surface area contributed by atoms with Gasteiger partial charge in [0.2, 0.25) is 0 Å². The summed E-state index contributed by atoms with van der Waals surface area (Å²) in [5.41, 5.74) is -0.517. The highest BCUT2D eigenvalue weighted by atomic mass is 32.2. The van der Waals surface area contributed by atoms with Crippen molar-refractivity contribution in [3.63, 3.8) is 0 Å². The molecule has 0 bridgehead atoms. The first-order valence-corrected chi connectivity index (χ1v) is 11.0. The molecule has 0 amide bonds. The van der Waals surface area contributed by atoms with Gasteiger partial charge in [-0.1, -0.05) is 0 Å². The first kappa shape index (κ1) is 21.2. The summed E-state index contributed by atoms with van der Waals surface area (Å²) in [6, 6.07) is 3.13. The highest BCUT2D eigenvalue weighted by molar-refractivity contribution is 7.90. The zero-order chi connectivity index (χ0) is 22.6. The molecule has 2 aromatic heterocycles. The maximum Gasteiger partial charge on any atom is 0.417 e. The largest absolute Gasteiger partial charge is 0.417 e. The third-order valence-electron chi connectivity index (χ3n) is 5.42. The van der Waals surface area contributed by atoms with E-state index in [0.717, 1.165) is 12.3 Å². The van der Waals surface area contributed by atoms with Gasteiger partial charge < -0.3 is 4.57 Å². The SMILES string of the molecule is CCS(=O)(=O)N=C1CC(C2(C#N)CC2)=CN=C1c1nc2cc(C(F)(F)F)cnc2n1C. The van der Waals surface area contributed by atoms with Crippen molar-refractivity contribution in [3.8, 4) is 6.07 Å². The Bertz CT molecular complexity index is 1320. The molecule has 0 N–H and O–H groups in total. The van der Waals surface area contributed by atoms with E-state index in [2.05, 4.69) is 25.4 Å². The molecule has 0 saturated heterocycles. The molecule has 1 fully saturated rings. The minimum Gasteiger partial charge on any atom is -0.310 e. The molecule has 8 nitrogen and oxygen atoms in total. The number of sulfonamides is 1. The fourth-order valence-electron chi connectivity index (χ4n) is 3.39. The van der Waals surface area contributed by atoms with Gasteiger partial charge in [0.25, 0.3) is 10.0 Å². The summed E-state index contributed by atoms with van der Waals surface area (Å²) in [5.74, 6) is -0.0883. The number of fused-ring (bicyclic) bond motifs is 1. The number of aryl methyl sites for hydroxylation is 1. The minimum absolute atomic E-state index is 0.00168. The molecular weight excluding hydrogens is 433 g/mol. The minimum atomic E-state index is -4.57. The molecule has 3 heterocycles. The number of hydrogen-bond acceptors (Lipinski definition) is 6. The second-order valence-electron chi connectivity index (χ2n) is 7.47. The average molecular weight is 450 g/mol. The van der Waals surface area contributed by atoms with Gasteiger partial charge in [-0.05, 0) is 31.4 Å². The first-order valence-electron chi connectivity index (χ1n) is 9.40.